The van der Waals surface area contributed by atoms with Gasteiger partial charge >= 0.3 is 6.03 Å². The van der Waals surface area contributed by atoms with Gasteiger partial charge in [0.05, 0.1) is 17.1 Å². The lowest BCUT2D eigenvalue weighted by Gasteiger charge is -2.34. The van der Waals surface area contributed by atoms with Gasteiger partial charge in [-0.05, 0) is 24.5 Å². The summed E-state index contributed by atoms with van der Waals surface area (Å²) in [5, 5.41) is 11.8. The number of para-hydroxylation sites is 2. The lowest BCUT2D eigenvalue weighted by molar-refractivity contribution is 0.241. The molecule has 2 heterocycles. The molecule has 2 aromatic rings. The van der Waals surface area contributed by atoms with E-state index in [4.69, 9.17) is 10.2 Å². The Morgan fingerprint density at radius 2 is 2.00 bits per heavy atom. The van der Waals surface area contributed by atoms with E-state index < -0.39 is 0 Å². The van der Waals surface area contributed by atoms with Crippen molar-refractivity contribution in [1.82, 2.24) is 19.8 Å². The van der Waals surface area contributed by atoms with Gasteiger partial charge in [-0.1, -0.05) is 26.0 Å². The summed E-state index contributed by atoms with van der Waals surface area (Å²) < 4.78 is 1.71. The molecule has 1 aliphatic heterocycles. The molecule has 7 heteroatoms. The zero-order valence-corrected chi connectivity index (χ0v) is 16.2. The summed E-state index contributed by atoms with van der Waals surface area (Å²) in [6, 6.07) is 9.85. The third kappa shape index (κ3) is 4.58. The molecule has 1 aromatic carbocycles. The van der Waals surface area contributed by atoms with Gasteiger partial charge in [0.2, 0.25) is 5.95 Å². The number of hydrogen-bond donors (Lipinski definition) is 1. The van der Waals surface area contributed by atoms with Crippen molar-refractivity contribution in [1.29, 1.82) is 5.26 Å². The largest absolute Gasteiger partial charge is 0.339 e. The molecule has 1 fully saturated rings. The van der Waals surface area contributed by atoms with Gasteiger partial charge in [-0.25, -0.2) is 14.3 Å². The zero-order valence-electron chi connectivity index (χ0n) is 16.2. The molecular weight excluding hydrogens is 340 g/mol. The second kappa shape index (κ2) is 8.87. The van der Waals surface area contributed by atoms with Crippen LogP contribution in [-0.2, 0) is 0 Å². The smallest absolute Gasteiger partial charge is 0.328 e. The number of anilines is 1. The summed E-state index contributed by atoms with van der Waals surface area (Å²) in [6.07, 6.45) is 1.50. The molecule has 0 unspecified atom stereocenters. The highest BCUT2D eigenvalue weighted by molar-refractivity contribution is 5.93. The van der Waals surface area contributed by atoms with Crippen LogP contribution in [0.3, 0.4) is 0 Å². The molecule has 0 radical (unpaired) electrons. The van der Waals surface area contributed by atoms with Crippen molar-refractivity contribution in [2.75, 3.05) is 44.2 Å². The van der Waals surface area contributed by atoms with Gasteiger partial charge in [-0.15, -0.1) is 0 Å². The van der Waals surface area contributed by atoms with Crippen LogP contribution in [0.5, 0.6) is 0 Å². The van der Waals surface area contributed by atoms with Gasteiger partial charge in [0.15, 0.2) is 0 Å². The summed E-state index contributed by atoms with van der Waals surface area (Å²) in [7, 11) is 0. The molecule has 0 spiro atoms. The maximum atomic E-state index is 12.9. The Balaban J connectivity index is 1.79. The molecule has 1 aliphatic rings. The number of carbonyl (C=O) groups is 1. The van der Waals surface area contributed by atoms with Gasteiger partial charge < -0.3 is 10.2 Å². The average molecular weight is 368 g/mol. The van der Waals surface area contributed by atoms with Crippen molar-refractivity contribution < 1.29 is 4.79 Å². The molecule has 1 N–H and O–H groups in total. The Bertz CT molecular complexity index is 813. The summed E-state index contributed by atoms with van der Waals surface area (Å²) in [6.45, 7) is 9.11. The van der Waals surface area contributed by atoms with Crippen LogP contribution >= 0.6 is 0 Å². The van der Waals surface area contributed by atoms with Crippen molar-refractivity contribution in [3.8, 4) is 6.07 Å². The number of nitrogens with zero attached hydrogens (tertiary/aromatic N) is 5. The van der Waals surface area contributed by atoms with Crippen LogP contribution in [0.4, 0.5) is 10.7 Å². The molecule has 0 bridgehead atoms. The number of rotatable bonds is 6. The fourth-order valence-electron chi connectivity index (χ4n) is 3.35. The number of nitriles is 1. The number of imidazole rings is 1. The predicted molar refractivity (Wildman–Crippen MR) is 107 cm³/mol. The summed E-state index contributed by atoms with van der Waals surface area (Å²) in [5.41, 5.74) is 1.67. The van der Waals surface area contributed by atoms with E-state index in [0.29, 0.717) is 24.8 Å². The van der Waals surface area contributed by atoms with Gasteiger partial charge in [0, 0.05) is 45.7 Å². The highest BCUT2D eigenvalue weighted by Crippen LogP contribution is 2.23. The van der Waals surface area contributed by atoms with Crippen LogP contribution in [0.25, 0.3) is 11.0 Å². The number of carbonyl (C=O) groups excluding carboxylic acids is 1. The van der Waals surface area contributed by atoms with E-state index in [1.54, 1.807) is 4.57 Å². The number of benzene rings is 1. The molecule has 3 rings (SSSR count). The summed E-state index contributed by atoms with van der Waals surface area (Å²) in [5.74, 6) is 1.25. The van der Waals surface area contributed by atoms with E-state index in [-0.39, 0.29) is 6.03 Å². The first-order valence-electron chi connectivity index (χ1n) is 9.70. The third-order valence-corrected chi connectivity index (χ3v) is 4.94. The minimum Gasteiger partial charge on any atom is -0.339 e. The molecule has 1 saturated heterocycles. The summed E-state index contributed by atoms with van der Waals surface area (Å²) >= 11 is 0. The van der Waals surface area contributed by atoms with Crippen molar-refractivity contribution in [2.45, 2.75) is 26.7 Å². The molecule has 1 aromatic heterocycles. The van der Waals surface area contributed by atoms with Crippen LogP contribution in [0.1, 0.15) is 26.7 Å². The normalized spacial score (nSPS) is 15.3. The van der Waals surface area contributed by atoms with E-state index >= 15 is 0 Å². The predicted octanol–water partition coefficient (Wildman–Crippen LogP) is 2.68. The molecule has 27 heavy (non-hydrogen) atoms. The van der Waals surface area contributed by atoms with E-state index in [1.165, 1.54) is 0 Å². The molecule has 0 saturated carbocycles. The second-order valence-corrected chi connectivity index (χ2v) is 7.39. The Kier molecular flexibility index (Phi) is 6.30. The van der Waals surface area contributed by atoms with E-state index in [2.05, 4.69) is 35.0 Å². The maximum absolute atomic E-state index is 12.9. The minimum absolute atomic E-state index is 0.119. The summed E-state index contributed by atoms with van der Waals surface area (Å²) in [4.78, 5) is 22.1. The maximum Gasteiger partial charge on any atom is 0.328 e. The van der Waals surface area contributed by atoms with Crippen molar-refractivity contribution in [3.63, 3.8) is 0 Å². The first kappa shape index (κ1) is 19.2. The van der Waals surface area contributed by atoms with Crippen LogP contribution in [-0.4, -0.2) is 59.8 Å². The topological polar surface area (TPSA) is 77.2 Å². The first-order valence-corrected chi connectivity index (χ1v) is 9.70. The standard InChI is InChI=1S/C20H28N6O/c1-16(2)8-10-22-20(27)26-18-7-4-3-6-17(18)23-19(26)25-14-12-24(13-15-25)11-5-9-21/h3-4,6-7,16H,5,8,10-15H2,1-2H3,(H,22,27). The molecular formula is C20H28N6O. The Morgan fingerprint density at radius 1 is 1.26 bits per heavy atom. The fourth-order valence-corrected chi connectivity index (χ4v) is 3.35. The molecule has 0 aliphatic carbocycles. The van der Waals surface area contributed by atoms with E-state index in [1.807, 2.05) is 24.3 Å². The Hall–Kier alpha value is -2.59. The van der Waals surface area contributed by atoms with Crippen molar-refractivity contribution >= 4 is 23.0 Å². The number of hydrogen-bond acceptors (Lipinski definition) is 5. The quantitative estimate of drug-likeness (QED) is 0.848. The number of piperazine rings is 1. The minimum atomic E-state index is -0.119. The molecule has 144 valence electrons. The second-order valence-electron chi connectivity index (χ2n) is 7.39. The highest BCUT2D eigenvalue weighted by atomic mass is 16.2. The lowest BCUT2D eigenvalue weighted by Crippen LogP contribution is -2.48. The van der Waals surface area contributed by atoms with Crippen molar-refractivity contribution in [3.05, 3.63) is 24.3 Å². The highest BCUT2D eigenvalue weighted by Gasteiger charge is 2.24. The van der Waals surface area contributed by atoms with Gasteiger partial charge in [0.25, 0.3) is 0 Å². The number of fused-ring (bicyclic) bond motifs is 1. The Labute approximate surface area is 160 Å². The van der Waals surface area contributed by atoms with Crippen LogP contribution in [0, 0.1) is 17.2 Å². The monoisotopic (exact) mass is 368 g/mol. The average Bonchev–Trinajstić information content (AvgIpc) is 3.06. The van der Waals surface area contributed by atoms with Crippen molar-refractivity contribution in [2.24, 2.45) is 5.92 Å². The molecule has 0 atom stereocenters. The van der Waals surface area contributed by atoms with Gasteiger partial charge in [0.1, 0.15) is 0 Å². The zero-order chi connectivity index (χ0) is 19.2. The van der Waals surface area contributed by atoms with Gasteiger partial charge in [-0.2, -0.15) is 5.26 Å². The van der Waals surface area contributed by atoms with Crippen LogP contribution < -0.4 is 10.2 Å². The number of nitrogens with one attached hydrogen (secondary N) is 1. The lowest BCUT2D eigenvalue weighted by atomic mass is 10.1. The van der Waals surface area contributed by atoms with Crippen LogP contribution in [0.2, 0.25) is 0 Å². The fraction of sp³-hybridized carbons (Fsp3) is 0.550. The number of amides is 1. The molecule has 1 amide bonds. The van der Waals surface area contributed by atoms with E-state index in [0.717, 1.165) is 50.2 Å². The first-order chi connectivity index (χ1) is 13.1. The van der Waals surface area contributed by atoms with Gasteiger partial charge in [-0.3, -0.25) is 4.90 Å². The number of aromatic nitrogens is 2. The van der Waals surface area contributed by atoms with Crippen LogP contribution in [0.15, 0.2) is 24.3 Å². The third-order valence-electron chi connectivity index (χ3n) is 4.94. The Morgan fingerprint density at radius 3 is 2.70 bits per heavy atom. The molecule has 7 nitrogen and oxygen atoms in total. The van der Waals surface area contributed by atoms with E-state index in [9.17, 15) is 4.79 Å². The SMILES string of the molecule is CC(C)CCNC(=O)n1c(N2CCN(CCC#N)CC2)nc2ccccc21.